The third-order valence-electron chi connectivity index (χ3n) is 5.11. The van der Waals surface area contributed by atoms with Crippen molar-refractivity contribution in [2.75, 3.05) is 39.3 Å². The molecule has 24 heavy (non-hydrogen) atoms. The molecule has 3 heteroatoms. The Labute approximate surface area is 149 Å². The molecule has 136 valence electrons. The largest absolute Gasteiger partial charge is 0.494 e. The van der Waals surface area contributed by atoms with Crippen LogP contribution in [0.15, 0.2) is 24.3 Å². The fourth-order valence-corrected chi connectivity index (χ4v) is 3.73. The second-order valence-corrected chi connectivity index (χ2v) is 7.09. The summed E-state index contributed by atoms with van der Waals surface area (Å²) in [6, 6.07) is 8.74. The Morgan fingerprint density at radius 2 is 1.33 bits per heavy atom. The third-order valence-corrected chi connectivity index (χ3v) is 5.11. The number of hydrogen-bond acceptors (Lipinski definition) is 3. The monoisotopic (exact) mass is 332 g/mol. The van der Waals surface area contributed by atoms with Crippen molar-refractivity contribution < 1.29 is 4.74 Å². The number of benzene rings is 1. The van der Waals surface area contributed by atoms with Crippen LogP contribution in [0.2, 0.25) is 0 Å². The lowest BCUT2D eigenvalue weighted by atomic mass is 10.1. The first-order valence-corrected chi connectivity index (χ1v) is 9.57. The molecular formula is C21H36N2O. The van der Waals surface area contributed by atoms with Crippen molar-refractivity contribution in [3.8, 4) is 5.75 Å². The van der Waals surface area contributed by atoms with Gasteiger partial charge in [0.1, 0.15) is 5.75 Å². The molecule has 2 fully saturated rings. The number of likely N-dealkylation sites (tertiary alicyclic amines) is 2. The van der Waals surface area contributed by atoms with E-state index in [9.17, 15) is 0 Å². The van der Waals surface area contributed by atoms with E-state index in [4.69, 9.17) is 4.74 Å². The summed E-state index contributed by atoms with van der Waals surface area (Å²) in [7, 11) is 0. The van der Waals surface area contributed by atoms with E-state index < -0.39 is 0 Å². The van der Waals surface area contributed by atoms with Crippen molar-refractivity contribution in [3.05, 3.63) is 29.8 Å². The van der Waals surface area contributed by atoms with E-state index in [2.05, 4.69) is 34.1 Å². The first kappa shape index (κ1) is 19.3. The molecule has 0 radical (unpaired) electrons. The molecule has 0 spiro atoms. The molecule has 0 saturated carbocycles. The van der Waals surface area contributed by atoms with Gasteiger partial charge in [0.15, 0.2) is 0 Å². The molecule has 0 aromatic heterocycles. The molecule has 3 rings (SSSR count). The molecule has 1 aromatic carbocycles. The van der Waals surface area contributed by atoms with Crippen molar-refractivity contribution in [2.45, 2.75) is 58.9 Å². The third kappa shape index (κ3) is 6.45. The van der Waals surface area contributed by atoms with Gasteiger partial charge in [0, 0.05) is 13.1 Å². The van der Waals surface area contributed by atoms with E-state index in [1.165, 1.54) is 76.8 Å². The van der Waals surface area contributed by atoms with E-state index in [-0.39, 0.29) is 7.43 Å². The Bertz CT molecular complexity index is 434. The summed E-state index contributed by atoms with van der Waals surface area (Å²) in [5.41, 5.74) is 1.41. The summed E-state index contributed by atoms with van der Waals surface area (Å²) in [6.07, 6.45) is 9.42. The van der Waals surface area contributed by atoms with Gasteiger partial charge in [-0.2, -0.15) is 0 Å². The van der Waals surface area contributed by atoms with Crippen LogP contribution in [0.3, 0.4) is 0 Å². The molecule has 0 aliphatic carbocycles. The lowest BCUT2D eigenvalue weighted by molar-refractivity contribution is 0.205. The van der Waals surface area contributed by atoms with Crippen molar-refractivity contribution in [2.24, 2.45) is 0 Å². The van der Waals surface area contributed by atoms with Crippen LogP contribution in [0.1, 0.15) is 57.9 Å². The zero-order chi connectivity index (χ0) is 15.7. The van der Waals surface area contributed by atoms with Gasteiger partial charge in [-0.1, -0.05) is 32.4 Å². The standard InChI is InChI=1S/C20H32N2O.CH4/c1-3-12-21(13-4-1)16-7-17-23-20-10-8-19(9-11-20)18-22-14-5-2-6-15-22;/h8-11H,1-7,12-18H2;1H4. The summed E-state index contributed by atoms with van der Waals surface area (Å²) in [5.74, 6) is 1.02. The molecule has 2 heterocycles. The van der Waals surface area contributed by atoms with Crippen LogP contribution in [0.4, 0.5) is 0 Å². The number of rotatable bonds is 7. The van der Waals surface area contributed by atoms with Crippen LogP contribution in [-0.2, 0) is 6.54 Å². The molecule has 2 aliphatic heterocycles. The molecular weight excluding hydrogens is 296 g/mol. The van der Waals surface area contributed by atoms with Crippen LogP contribution < -0.4 is 4.74 Å². The van der Waals surface area contributed by atoms with Gasteiger partial charge in [-0.05, 0) is 76.0 Å². The molecule has 0 N–H and O–H groups in total. The first-order valence-electron chi connectivity index (χ1n) is 9.57. The molecule has 2 aliphatic rings. The number of nitrogens with zero attached hydrogens (tertiary/aromatic N) is 2. The Kier molecular flexibility index (Phi) is 8.62. The van der Waals surface area contributed by atoms with Gasteiger partial charge >= 0.3 is 0 Å². The highest BCUT2D eigenvalue weighted by Gasteiger charge is 2.11. The van der Waals surface area contributed by atoms with Gasteiger partial charge < -0.3 is 9.64 Å². The van der Waals surface area contributed by atoms with Gasteiger partial charge in [0.2, 0.25) is 0 Å². The van der Waals surface area contributed by atoms with E-state index in [1.807, 2.05) is 0 Å². The lowest BCUT2D eigenvalue weighted by Gasteiger charge is -2.26. The van der Waals surface area contributed by atoms with Gasteiger partial charge in [-0.25, -0.2) is 0 Å². The second kappa shape index (κ2) is 10.7. The predicted molar refractivity (Wildman–Crippen MR) is 103 cm³/mol. The SMILES string of the molecule is C.c1cc(OCCCN2CCCCC2)ccc1CN1CCCCC1. The Morgan fingerprint density at radius 1 is 0.750 bits per heavy atom. The maximum Gasteiger partial charge on any atom is 0.119 e. The fraction of sp³-hybridized carbons (Fsp3) is 0.714. The smallest absolute Gasteiger partial charge is 0.119 e. The highest BCUT2D eigenvalue weighted by molar-refractivity contribution is 5.27. The maximum atomic E-state index is 5.90. The van der Waals surface area contributed by atoms with E-state index in [0.29, 0.717) is 0 Å². The summed E-state index contributed by atoms with van der Waals surface area (Å²) in [6.45, 7) is 8.20. The number of hydrogen-bond donors (Lipinski definition) is 0. The molecule has 1 aromatic rings. The van der Waals surface area contributed by atoms with Crippen molar-refractivity contribution in [1.82, 2.24) is 9.80 Å². The van der Waals surface area contributed by atoms with Gasteiger partial charge in [-0.15, -0.1) is 0 Å². The van der Waals surface area contributed by atoms with Crippen LogP contribution in [0.25, 0.3) is 0 Å². The summed E-state index contributed by atoms with van der Waals surface area (Å²) in [5, 5.41) is 0. The van der Waals surface area contributed by atoms with Crippen LogP contribution in [-0.4, -0.2) is 49.1 Å². The molecule has 0 atom stereocenters. The highest BCUT2D eigenvalue weighted by Crippen LogP contribution is 2.17. The summed E-state index contributed by atoms with van der Waals surface area (Å²) in [4.78, 5) is 5.15. The lowest BCUT2D eigenvalue weighted by Crippen LogP contribution is -2.31. The number of ether oxygens (including phenoxy) is 1. The van der Waals surface area contributed by atoms with E-state index in [1.54, 1.807) is 0 Å². The molecule has 0 unspecified atom stereocenters. The molecule has 2 saturated heterocycles. The Morgan fingerprint density at radius 3 is 1.96 bits per heavy atom. The minimum absolute atomic E-state index is 0. The van der Waals surface area contributed by atoms with Gasteiger partial charge in [-0.3, -0.25) is 4.90 Å². The van der Waals surface area contributed by atoms with Crippen LogP contribution >= 0.6 is 0 Å². The number of piperidine rings is 2. The second-order valence-electron chi connectivity index (χ2n) is 7.09. The molecule has 0 amide bonds. The summed E-state index contributed by atoms with van der Waals surface area (Å²) >= 11 is 0. The molecule has 3 nitrogen and oxygen atoms in total. The quantitative estimate of drug-likeness (QED) is 0.681. The van der Waals surface area contributed by atoms with E-state index >= 15 is 0 Å². The van der Waals surface area contributed by atoms with Gasteiger partial charge in [0.25, 0.3) is 0 Å². The van der Waals surface area contributed by atoms with E-state index in [0.717, 1.165) is 25.3 Å². The normalized spacial score (nSPS) is 19.7. The first-order chi connectivity index (χ1) is 11.4. The van der Waals surface area contributed by atoms with Crippen LogP contribution in [0.5, 0.6) is 5.75 Å². The average Bonchev–Trinajstić information content (AvgIpc) is 2.62. The maximum absolute atomic E-state index is 5.90. The van der Waals surface area contributed by atoms with Crippen molar-refractivity contribution in [1.29, 1.82) is 0 Å². The Balaban J connectivity index is 0.00000208. The Hall–Kier alpha value is -1.06. The van der Waals surface area contributed by atoms with Crippen molar-refractivity contribution in [3.63, 3.8) is 0 Å². The van der Waals surface area contributed by atoms with Crippen LogP contribution in [0, 0.1) is 0 Å². The fourth-order valence-electron chi connectivity index (χ4n) is 3.73. The zero-order valence-electron chi connectivity index (χ0n) is 14.5. The predicted octanol–water partition coefficient (Wildman–Crippen LogP) is 4.56. The highest BCUT2D eigenvalue weighted by atomic mass is 16.5. The minimum atomic E-state index is 0. The van der Waals surface area contributed by atoms with Crippen molar-refractivity contribution >= 4 is 0 Å². The average molecular weight is 333 g/mol. The zero-order valence-corrected chi connectivity index (χ0v) is 14.5. The van der Waals surface area contributed by atoms with Gasteiger partial charge in [0.05, 0.1) is 6.61 Å². The minimum Gasteiger partial charge on any atom is -0.494 e. The molecule has 0 bridgehead atoms. The topological polar surface area (TPSA) is 15.7 Å². The summed E-state index contributed by atoms with van der Waals surface area (Å²) < 4.78 is 5.90.